The van der Waals surface area contributed by atoms with Gasteiger partial charge in [0, 0.05) is 51.5 Å². The van der Waals surface area contributed by atoms with Crippen molar-refractivity contribution >= 4 is 5.91 Å². The van der Waals surface area contributed by atoms with Crippen LogP contribution in [0.2, 0.25) is 0 Å². The number of hydrogen-bond acceptors (Lipinski definition) is 5. The first-order chi connectivity index (χ1) is 13.1. The number of carbonyl (C=O) groups excluding carboxylic acids is 1. The van der Waals surface area contributed by atoms with Crippen molar-refractivity contribution in [1.29, 1.82) is 0 Å². The number of aliphatic hydroxyl groups is 1. The Balaban J connectivity index is 1.35. The average molecular weight is 372 g/mol. The highest BCUT2D eigenvalue weighted by molar-refractivity contribution is 5.94. The van der Waals surface area contributed by atoms with Gasteiger partial charge in [0.2, 0.25) is 0 Å². The number of nitrogens with zero attached hydrogens (tertiary/aromatic N) is 5. The third kappa shape index (κ3) is 3.91. The third-order valence-corrected chi connectivity index (χ3v) is 5.91. The van der Waals surface area contributed by atoms with Gasteiger partial charge in [0.05, 0.1) is 18.2 Å². The third-order valence-electron chi connectivity index (χ3n) is 5.91. The maximum atomic E-state index is 12.5. The molecule has 2 N–H and O–H groups in total. The van der Waals surface area contributed by atoms with Crippen LogP contribution in [0, 0.1) is 0 Å². The topological polar surface area (TPSA) is 90.3 Å². The summed E-state index contributed by atoms with van der Waals surface area (Å²) in [6.07, 6.45) is 6.87. The molecule has 2 aromatic heterocycles. The minimum Gasteiger partial charge on any atom is -0.393 e. The fraction of sp³-hybridized carbons (Fsp3) is 0.632. The van der Waals surface area contributed by atoms with Crippen molar-refractivity contribution in [3.05, 3.63) is 35.7 Å². The molecule has 0 aromatic carbocycles. The molecule has 8 heteroatoms. The van der Waals surface area contributed by atoms with E-state index >= 15 is 0 Å². The van der Waals surface area contributed by atoms with Crippen LogP contribution in [-0.2, 0) is 13.6 Å². The molecule has 8 nitrogen and oxygen atoms in total. The van der Waals surface area contributed by atoms with E-state index in [1.165, 1.54) is 0 Å². The summed E-state index contributed by atoms with van der Waals surface area (Å²) in [6, 6.07) is 1.82. The highest BCUT2D eigenvalue weighted by Crippen LogP contribution is 2.28. The maximum absolute atomic E-state index is 12.5. The van der Waals surface area contributed by atoms with Gasteiger partial charge in [-0.1, -0.05) is 0 Å². The molecule has 0 saturated carbocycles. The lowest BCUT2D eigenvalue weighted by atomic mass is 9.95. The van der Waals surface area contributed by atoms with Gasteiger partial charge in [0.1, 0.15) is 11.6 Å². The molecule has 0 bridgehead atoms. The molecule has 0 radical (unpaired) electrons. The van der Waals surface area contributed by atoms with Crippen molar-refractivity contribution in [1.82, 2.24) is 29.5 Å². The van der Waals surface area contributed by atoms with Gasteiger partial charge in [-0.25, -0.2) is 0 Å². The van der Waals surface area contributed by atoms with Crippen molar-refractivity contribution in [3.63, 3.8) is 0 Å². The van der Waals surface area contributed by atoms with Gasteiger partial charge in [-0.15, -0.1) is 10.2 Å². The van der Waals surface area contributed by atoms with Crippen molar-refractivity contribution in [2.24, 2.45) is 7.05 Å². The Morgan fingerprint density at radius 2 is 1.93 bits per heavy atom. The molecular formula is C19H28N6O2. The van der Waals surface area contributed by atoms with E-state index in [1.807, 2.05) is 18.0 Å². The Bertz CT molecular complexity index is 755. The molecule has 0 spiro atoms. The van der Waals surface area contributed by atoms with Gasteiger partial charge in [0.25, 0.3) is 5.91 Å². The van der Waals surface area contributed by atoms with Gasteiger partial charge in [-0.05, 0) is 31.7 Å². The van der Waals surface area contributed by atoms with Crippen molar-refractivity contribution in [2.75, 3.05) is 26.2 Å². The lowest BCUT2D eigenvalue weighted by molar-refractivity contribution is 0.0710. The number of rotatable bonds is 4. The Labute approximate surface area is 159 Å². The second-order valence-corrected chi connectivity index (χ2v) is 7.71. The van der Waals surface area contributed by atoms with Gasteiger partial charge >= 0.3 is 0 Å². The zero-order valence-electron chi connectivity index (χ0n) is 15.8. The number of nitrogens with one attached hydrogen (secondary N) is 1. The molecule has 146 valence electrons. The van der Waals surface area contributed by atoms with E-state index in [2.05, 4.69) is 24.6 Å². The summed E-state index contributed by atoms with van der Waals surface area (Å²) in [4.78, 5) is 19.7. The number of aromatic amines is 1. The maximum Gasteiger partial charge on any atom is 0.255 e. The molecule has 0 aliphatic carbocycles. The fourth-order valence-electron chi connectivity index (χ4n) is 4.13. The molecule has 2 aliphatic rings. The molecule has 0 unspecified atom stereocenters. The monoisotopic (exact) mass is 372 g/mol. The Kier molecular flexibility index (Phi) is 5.27. The van der Waals surface area contributed by atoms with E-state index < -0.39 is 0 Å². The molecule has 2 aliphatic heterocycles. The number of likely N-dealkylation sites (tertiary alicyclic amines) is 2. The quantitative estimate of drug-likeness (QED) is 0.839. The molecule has 4 rings (SSSR count). The van der Waals surface area contributed by atoms with Crippen LogP contribution in [0.4, 0.5) is 0 Å². The molecule has 4 heterocycles. The van der Waals surface area contributed by atoms with Crippen LogP contribution in [0.5, 0.6) is 0 Å². The van der Waals surface area contributed by atoms with E-state index in [4.69, 9.17) is 0 Å². The second kappa shape index (κ2) is 7.82. The van der Waals surface area contributed by atoms with Crippen LogP contribution >= 0.6 is 0 Å². The highest BCUT2D eigenvalue weighted by Gasteiger charge is 2.28. The van der Waals surface area contributed by atoms with Crippen molar-refractivity contribution < 1.29 is 9.90 Å². The summed E-state index contributed by atoms with van der Waals surface area (Å²) in [5.74, 6) is 2.44. The van der Waals surface area contributed by atoms with Gasteiger partial charge in [-0.3, -0.25) is 9.69 Å². The van der Waals surface area contributed by atoms with Crippen LogP contribution in [0.25, 0.3) is 0 Å². The molecule has 0 atom stereocenters. The fourth-order valence-corrected chi connectivity index (χ4v) is 4.13. The second-order valence-electron chi connectivity index (χ2n) is 7.71. The summed E-state index contributed by atoms with van der Waals surface area (Å²) < 4.78 is 2.12. The summed E-state index contributed by atoms with van der Waals surface area (Å²) in [7, 11) is 2.04. The lowest BCUT2D eigenvalue weighted by Crippen LogP contribution is -2.38. The first-order valence-corrected chi connectivity index (χ1v) is 9.82. The molecule has 2 aromatic rings. The SMILES string of the molecule is Cn1c(CN2CCC(O)CC2)nnc1C1CCN(C(=O)c2cc[nH]c2)CC1. The number of aliphatic hydroxyl groups excluding tert-OH is 1. The summed E-state index contributed by atoms with van der Waals surface area (Å²) in [5.41, 5.74) is 0.723. The highest BCUT2D eigenvalue weighted by atomic mass is 16.3. The molecule has 2 saturated heterocycles. The predicted octanol–water partition coefficient (Wildman–Crippen LogP) is 1.12. The van der Waals surface area contributed by atoms with Crippen LogP contribution < -0.4 is 0 Å². The zero-order valence-corrected chi connectivity index (χ0v) is 15.8. The minimum absolute atomic E-state index is 0.0978. The van der Waals surface area contributed by atoms with E-state index in [0.717, 1.165) is 75.6 Å². The number of carbonyl (C=O) groups is 1. The predicted molar refractivity (Wildman–Crippen MR) is 100 cm³/mol. The molecule has 1 amide bonds. The van der Waals surface area contributed by atoms with Crippen LogP contribution in [0.3, 0.4) is 0 Å². The lowest BCUT2D eigenvalue weighted by Gasteiger charge is -2.31. The van der Waals surface area contributed by atoms with E-state index in [0.29, 0.717) is 5.92 Å². The van der Waals surface area contributed by atoms with Crippen LogP contribution in [0.15, 0.2) is 18.5 Å². The molecular weight excluding hydrogens is 344 g/mol. The first kappa shape index (κ1) is 18.2. The molecule has 27 heavy (non-hydrogen) atoms. The molecule has 2 fully saturated rings. The number of hydrogen-bond donors (Lipinski definition) is 2. The summed E-state index contributed by atoms with van der Waals surface area (Å²) in [6.45, 7) is 4.09. The van der Waals surface area contributed by atoms with E-state index in [1.54, 1.807) is 12.4 Å². The normalized spacial score (nSPS) is 20.3. The largest absolute Gasteiger partial charge is 0.393 e. The average Bonchev–Trinajstić information content (AvgIpc) is 3.34. The number of piperidine rings is 2. The van der Waals surface area contributed by atoms with Gasteiger partial charge in [-0.2, -0.15) is 0 Å². The van der Waals surface area contributed by atoms with Gasteiger partial charge < -0.3 is 19.6 Å². The van der Waals surface area contributed by atoms with Crippen molar-refractivity contribution in [2.45, 2.75) is 44.2 Å². The Hall–Kier alpha value is -2.19. The zero-order chi connectivity index (χ0) is 18.8. The summed E-state index contributed by atoms with van der Waals surface area (Å²) >= 11 is 0. The first-order valence-electron chi connectivity index (χ1n) is 9.82. The summed E-state index contributed by atoms with van der Waals surface area (Å²) in [5, 5.41) is 18.5. The van der Waals surface area contributed by atoms with Crippen LogP contribution in [-0.4, -0.2) is 72.8 Å². The number of amides is 1. The minimum atomic E-state index is -0.157. The van der Waals surface area contributed by atoms with E-state index in [-0.39, 0.29) is 12.0 Å². The number of H-pyrrole nitrogens is 1. The Morgan fingerprint density at radius 3 is 2.59 bits per heavy atom. The van der Waals surface area contributed by atoms with Gasteiger partial charge in [0.15, 0.2) is 0 Å². The standard InChI is InChI=1S/C19H28N6O2/c1-23-17(13-24-8-5-16(26)6-9-24)21-22-18(23)14-3-10-25(11-4-14)19(27)15-2-7-20-12-15/h2,7,12,14,16,20,26H,3-6,8-11,13H2,1H3. The van der Waals surface area contributed by atoms with E-state index in [9.17, 15) is 9.90 Å². The van der Waals surface area contributed by atoms with Crippen LogP contribution in [0.1, 0.15) is 53.6 Å². The number of aromatic nitrogens is 4. The smallest absolute Gasteiger partial charge is 0.255 e. The van der Waals surface area contributed by atoms with Crippen molar-refractivity contribution in [3.8, 4) is 0 Å². The Morgan fingerprint density at radius 1 is 1.19 bits per heavy atom.